The predicted molar refractivity (Wildman–Crippen MR) is 74.5 cm³/mol. The lowest BCUT2D eigenvalue weighted by molar-refractivity contribution is 0.645. The van der Waals surface area contributed by atoms with Crippen molar-refractivity contribution in [2.75, 3.05) is 0 Å². The average Bonchev–Trinajstić information content (AvgIpc) is 2.86. The number of hydrogen-bond acceptors (Lipinski definition) is 3. The molecule has 19 heavy (non-hydrogen) atoms. The Balaban J connectivity index is 2.05. The fourth-order valence-corrected chi connectivity index (χ4v) is 2.00. The number of nitrogens with two attached hydrogens (primary N) is 1. The zero-order valence-corrected chi connectivity index (χ0v) is 11.1. The average molecular weight is 254 g/mol. The molecule has 4 nitrogen and oxygen atoms in total. The lowest BCUT2D eigenvalue weighted by Gasteiger charge is -2.06. The largest absolute Gasteiger partial charge is 0.350 e. The van der Waals surface area contributed by atoms with Gasteiger partial charge in [-0.25, -0.2) is 4.98 Å². The summed E-state index contributed by atoms with van der Waals surface area (Å²) in [6.45, 7) is 2.85. The van der Waals surface area contributed by atoms with Gasteiger partial charge in [-0.1, -0.05) is 6.92 Å². The van der Waals surface area contributed by atoms with Crippen LogP contribution < -0.4 is 5.73 Å². The smallest absolute Gasteiger partial charge is 0.140 e. The molecule has 2 heterocycles. The van der Waals surface area contributed by atoms with E-state index in [0.29, 0.717) is 5.69 Å². The molecule has 4 heteroatoms. The first-order valence-corrected chi connectivity index (χ1v) is 6.46. The molecular formula is C15H18N4. The Kier molecular flexibility index (Phi) is 4.32. The predicted octanol–water partition coefficient (Wildman–Crippen LogP) is 2.08. The van der Waals surface area contributed by atoms with E-state index in [1.165, 1.54) is 5.56 Å². The van der Waals surface area contributed by atoms with Gasteiger partial charge in [0, 0.05) is 31.2 Å². The van der Waals surface area contributed by atoms with Crippen LogP contribution in [0.1, 0.15) is 30.2 Å². The summed E-state index contributed by atoms with van der Waals surface area (Å²) in [5.74, 6) is 0. The molecule has 2 aromatic rings. The molecule has 2 aromatic heterocycles. The van der Waals surface area contributed by atoms with Crippen LogP contribution in [0.3, 0.4) is 0 Å². The normalized spacial score (nSPS) is 12.1. The van der Waals surface area contributed by atoms with E-state index < -0.39 is 0 Å². The van der Waals surface area contributed by atoms with Gasteiger partial charge in [0.15, 0.2) is 0 Å². The summed E-state index contributed by atoms with van der Waals surface area (Å²) in [5, 5.41) is 8.83. The van der Waals surface area contributed by atoms with E-state index in [-0.39, 0.29) is 6.04 Å². The third-order valence-electron chi connectivity index (χ3n) is 3.14. The molecule has 0 aliphatic heterocycles. The van der Waals surface area contributed by atoms with E-state index in [9.17, 15) is 0 Å². The number of aromatic nitrogens is 2. The standard InChI is InChI=1S/C15H18N4/c1-2-14(17)7-13-4-6-19(11-13)10-12-3-5-18-15(8-12)9-16/h3-6,8,11,14H,2,7,10,17H2,1H3. The van der Waals surface area contributed by atoms with Crippen LogP contribution in [-0.4, -0.2) is 15.6 Å². The van der Waals surface area contributed by atoms with Gasteiger partial charge >= 0.3 is 0 Å². The molecule has 0 saturated heterocycles. The Labute approximate surface area is 113 Å². The highest BCUT2D eigenvalue weighted by molar-refractivity contribution is 5.26. The minimum absolute atomic E-state index is 0.224. The molecule has 0 saturated carbocycles. The molecule has 1 unspecified atom stereocenters. The Morgan fingerprint density at radius 2 is 2.26 bits per heavy atom. The monoisotopic (exact) mass is 254 g/mol. The van der Waals surface area contributed by atoms with Crippen LogP contribution in [0.15, 0.2) is 36.8 Å². The highest BCUT2D eigenvalue weighted by Gasteiger charge is 2.04. The number of rotatable bonds is 5. The summed E-state index contributed by atoms with van der Waals surface area (Å²) in [6, 6.07) is 8.12. The maximum Gasteiger partial charge on any atom is 0.140 e. The van der Waals surface area contributed by atoms with E-state index in [4.69, 9.17) is 11.0 Å². The molecule has 0 spiro atoms. The van der Waals surface area contributed by atoms with Crippen LogP contribution in [0.4, 0.5) is 0 Å². The van der Waals surface area contributed by atoms with Crippen LogP contribution >= 0.6 is 0 Å². The van der Waals surface area contributed by atoms with E-state index >= 15 is 0 Å². The molecule has 0 bridgehead atoms. The first kappa shape index (κ1) is 13.3. The summed E-state index contributed by atoms with van der Waals surface area (Å²) >= 11 is 0. The van der Waals surface area contributed by atoms with Gasteiger partial charge in [-0.15, -0.1) is 0 Å². The summed E-state index contributed by atoms with van der Waals surface area (Å²) in [7, 11) is 0. The highest BCUT2D eigenvalue weighted by Crippen LogP contribution is 2.09. The second-order valence-electron chi connectivity index (χ2n) is 4.73. The van der Waals surface area contributed by atoms with Gasteiger partial charge in [0.2, 0.25) is 0 Å². The molecule has 0 amide bonds. The minimum atomic E-state index is 0.224. The first-order chi connectivity index (χ1) is 9.21. The maximum absolute atomic E-state index is 8.83. The molecule has 0 radical (unpaired) electrons. The van der Waals surface area contributed by atoms with E-state index in [1.807, 2.05) is 18.3 Å². The molecule has 2 rings (SSSR count). The van der Waals surface area contributed by atoms with Crippen molar-refractivity contribution in [3.8, 4) is 6.07 Å². The lowest BCUT2D eigenvalue weighted by atomic mass is 10.1. The van der Waals surface area contributed by atoms with Crippen LogP contribution in [-0.2, 0) is 13.0 Å². The second-order valence-corrected chi connectivity index (χ2v) is 4.73. The number of nitrogens with zero attached hydrogens (tertiary/aromatic N) is 3. The lowest BCUT2D eigenvalue weighted by Crippen LogP contribution is -2.21. The molecule has 0 fully saturated rings. The summed E-state index contributed by atoms with van der Waals surface area (Å²) < 4.78 is 2.11. The van der Waals surface area contributed by atoms with Crippen molar-refractivity contribution in [3.05, 3.63) is 53.6 Å². The van der Waals surface area contributed by atoms with Crippen LogP contribution in [0, 0.1) is 11.3 Å². The Morgan fingerprint density at radius 1 is 1.42 bits per heavy atom. The number of nitriles is 1. The van der Waals surface area contributed by atoms with Gasteiger partial charge in [0.05, 0.1) is 0 Å². The molecule has 2 N–H and O–H groups in total. The van der Waals surface area contributed by atoms with Gasteiger partial charge < -0.3 is 10.3 Å². The molecule has 0 aromatic carbocycles. The third-order valence-corrected chi connectivity index (χ3v) is 3.14. The maximum atomic E-state index is 8.83. The second kappa shape index (κ2) is 6.17. The Hall–Kier alpha value is -2.12. The fourth-order valence-electron chi connectivity index (χ4n) is 2.00. The van der Waals surface area contributed by atoms with Gasteiger partial charge in [0.25, 0.3) is 0 Å². The number of pyridine rings is 1. The SMILES string of the molecule is CCC(N)Cc1ccn(Cc2ccnc(C#N)c2)c1. The quantitative estimate of drug-likeness (QED) is 0.888. The van der Waals surface area contributed by atoms with Crippen molar-refractivity contribution in [2.24, 2.45) is 5.73 Å². The van der Waals surface area contributed by atoms with Gasteiger partial charge in [0.1, 0.15) is 11.8 Å². The first-order valence-electron chi connectivity index (χ1n) is 6.46. The van der Waals surface area contributed by atoms with Gasteiger partial charge in [-0.2, -0.15) is 5.26 Å². The van der Waals surface area contributed by atoms with E-state index in [0.717, 1.165) is 24.9 Å². The topological polar surface area (TPSA) is 67.6 Å². The molecule has 0 aliphatic rings. The molecule has 1 atom stereocenters. The zero-order chi connectivity index (χ0) is 13.7. The zero-order valence-electron chi connectivity index (χ0n) is 11.1. The third kappa shape index (κ3) is 3.67. The molecule has 98 valence electrons. The van der Waals surface area contributed by atoms with Crippen LogP contribution in [0.5, 0.6) is 0 Å². The number of hydrogen-bond donors (Lipinski definition) is 1. The highest BCUT2D eigenvalue weighted by atomic mass is 14.9. The van der Waals surface area contributed by atoms with Crippen LogP contribution in [0.25, 0.3) is 0 Å². The van der Waals surface area contributed by atoms with Crippen molar-refractivity contribution in [1.29, 1.82) is 5.26 Å². The van der Waals surface area contributed by atoms with Crippen molar-refractivity contribution in [2.45, 2.75) is 32.4 Å². The van der Waals surface area contributed by atoms with Crippen molar-refractivity contribution in [1.82, 2.24) is 9.55 Å². The Morgan fingerprint density at radius 3 is 3.00 bits per heavy atom. The van der Waals surface area contributed by atoms with E-state index in [1.54, 1.807) is 6.20 Å². The van der Waals surface area contributed by atoms with Crippen molar-refractivity contribution >= 4 is 0 Å². The fraction of sp³-hybridized carbons (Fsp3) is 0.333. The summed E-state index contributed by atoms with van der Waals surface area (Å²) in [4.78, 5) is 3.97. The van der Waals surface area contributed by atoms with E-state index in [2.05, 4.69) is 34.8 Å². The van der Waals surface area contributed by atoms with Crippen molar-refractivity contribution < 1.29 is 0 Å². The Bertz CT molecular complexity index is 580. The van der Waals surface area contributed by atoms with Crippen molar-refractivity contribution in [3.63, 3.8) is 0 Å². The summed E-state index contributed by atoms with van der Waals surface area (Å²) in [5.41, 5.74) is 8.74. The molecule has 0 aliphatic carbocycles. The minimum Gasteiger partial charge on any atom is -0.350 e. The van der Waals surface area contributed by atoms with Gasteiger partial charge in [-0.3, -0.25) is 0 Å². The summed E-state index contributed by atoms with van der Waals surface area (Å²) in [6.07, 6.45) is 7.72. The van der Waals surface area contributed by atoms with Crippen LogP contribution in [0.2, 0.25) is 0 Å². The molecular weight excluding hydrogens is 236 g/mol. The van der Waals surface area contributed by atoms with Gasteiger partial charge in [-0.05, 0) is 42.2 Å².